The maximum absolute atomic E-state index is 11.7. The summed E-state index contributed by atoms with van der Waals surface area (Å²) in [5.74, 6) is 1.39. The second kappa shape index (κ2) is 6.27. The summed E-state index contributed by atoms with van der Waals surface area (Å²) in [4.78, 5) is 0.336. The first-order chi connectivity index (χ1) is 12.8. The summed E-state index contributed by atoms with van der Waals surface area (Å²) < 4.78 is 34.3. The average Bonchev–Trinajstić information content (AvgIpc) is 3.31. The molecule has 0 aliphatic heterocycles. The number of methoxy groups -OCH3 is 2. The molecule has 0 amide bonds. The summed E-state index contributed by atoms with van der Waals surface area (Å²) in [6, 6.07) is 13.1. The molecule has 2 aliphatic rings. The minimum Gasteiger partial charge on any atom is -0.493 e. The van der Waals surface area contributed by atoms with Gasteiger partial charge in [0.1, 0.15) is 0 Å². The van der Waals surface area contributed by atoms with Gasteiger partial charge in [0.05, 0.1) is 19.1 Å². The van der Waals surface area contributed by atoms with Crippen LogP contribution in [0.3, 0.4) is 0 Å². The summed E-state index contributed by atoms with van der Waals surface area (Å²) in [6.07, 6.45) is 8.16. The lowest BCUT2D eigenvalue weighted by Gasteiger charge is -2.13. The molecule has 0 aromatic heterocycles. The van der Waals surface area contributed by atoms with Crippen LogP contribution in [0.4, 0.5) is 0 Å². The molecule has 0 heterocycles. The van der Waals surface area contributed by atoms with Gasteiger partial charge in [-0.25, -0.2) is 8.42 Å². The van der Waals surface area contributed by atoms with Crippen LogP contribution in [-0.2, 0) is 9.84 Å². The normalized spacial score (nSPS) is 17.4. The standard InChI is InChI=1S/C22H22O4S/c1-25-20-9-6-16(12-21(20)26-2)19-14-22(10-11-22)13-18(19)15-4-7-17(8-5-15)27(3,23)24/h4-9,12-14H,10-11H2,1-3H3. The van der Waals surface area contributed by atoms with Gasteiger partial charge < -0.3 is 9.47 Å². The highest BCUT2D eigenvalue weighted by atomic mass is 32.2. The van der Waals surface area contributed by atoms with E-state index in [9.17, 15) is 8.42 Å². The van der Waals surface area contributed by atoms with Gasteiger partial charge in [0.25, 0.3) is 0 Å². The van der Waals surface area contributed by atoms with Gasteiger partial charge in [0, 0.05) is 11.7 Å². The Morgan fingerprint density at radius 3 is 1.89 bits per heavy atom. The molecule has 0 bridgehead atoms. The van der Waals surface area contributed by atoms with Crippen molar-refractivity contribution in [3.63, 3.8) is 0 Å². The van der Waals surface area contributed by atoms with E-state index in [1.54, 1.807) is 26.4 Å². The Hall–Kier alpha value is -2.53. The molecule has 0 unspecified atom stereocenters. The van der Waals surface area contributed by atoms with E-state index in [0.717, 1.165) is 35.1 Å². The Morgan fingerprint density at radius 2 is 1.37 bits per heavy atom. The zero-order valence-corrected chi connectivity index (χ0v) is 16.5. The number of hydrogen-bond acceptors (Lipinski definition) is 4. The predicted octanol–water partition coefficient (Wildman–Crippen LogP) is 4.37. The van der Waals surface area contributed by atoms with Crippen molar-refractivity contribution in [2.75, 3.05) is 20.5 Å². The SMILES string of the molecule is COc1ccc(C2=CC3(C=C2c2ccc(S(C)(=O)=O)cc2)CC3)cc1OC. The largest absolute Gasteiger partial charge is 0.493 e. The molecule has 2 aromatic carbocycles. The van der Waals surface area contributed by atoms with Crippen molar-refractivity contribution in [2.45, 2.75) is 17.7 Å². The second-order valence-electron chi connectivity index (χ2n) is 7.22. The maximum Gasteiger partial charge on any atom is 0.175 e. The van der Waals surface area contributed by atoms with Crippen molar-refractivity contribution in [3.05, 3.63) is 65.7 Å². The van der Waals surface area contributed by atoms with E-state index in [4.69, 9.17) is 9.47 Å². The number of sulfone groups is 1. The van der Waals surface area contributed by atoms with E-state index < -0.39 is 9.84 Å². The van der Waals surface area contributed by atoms with Crippen LogP contribution in [0.25, 0.3) is 11.1 Å². The Balaban J connectivity index is 1.76. The van der Waals surface area contributed by atoms with Crippen molar-refractivity contribution in [3.8, 4) is 11.5 Å². The van der Waals surface area contributed by atoms with Gasteiger partial charge in [-0.05, 0) is 59.4 Å². The first kappa shape index (κ1) is 17.9. The van der Waals surface area contributed by atoms with Gasteiger partial charge in [-0.2, -0.15) is 0 Å². The van der Waals surface area contributed by atoms with Crippen LogP contribution in [0.1, 0.15) is 24.0 Å². The molecule has 1 fully saturated rings. The highest BCUT2D eigenvalue weighted by Crippen LogP contribution is 2.58. The van der Waals surface area contributed by atoms with Gasteiger partial charge in [0.2, 0.25) is 0 Å². The van der Waals surface area contributed by atoms with Crippen LogP contribution < -0.4 is 9.47 Å². The minimum atomic E-state index is -3.20. The van der Waals surface area contributed by atoms with E-state index in [-0.39, 0.29) is 5.41 Å². The molecule has 0 N–H and O–H groups in total. The molecule has 0 atom stereocenters. The third kappa shape index (κ3) is 3.28. The summed E-state index contributed by atoms with van der Waals surface area (Å²) >= 11 is 0. The van der Waals surface area contributed by atoms with Gasteiger partial charge in [0.15, 0.2) is 21.3 Å². The van der Waals surface area contributed by atoms with Crippen molar-refractivity contribution in [1.82, 2.24) is 0 Å². The number of ether oxygens (including phenoxy) is 2. The first-order valence-electron chi connectivity index (χ1n) is 8.84. The third-order valence-electron chi connectivity index (χ3n) is 5.27. The second-order valence-corrected chi connectivity index (χ2v) is 9.23. The Morgan fingerprint density at radius 1 is 0.815 bits per heavy atom. The topological polar surface area (TPSA) is 52.6 Å². The van der Waals surface area contributed by atoms with Crippen molar-refractivity contribution < 1.29 is 17.9 Å². The molecule has 5 heteroatoms. The van der Waals surface area contributed by atoms with Crippen LogP contribution in [0.15, 0.2) is 59.5 Å². The quantitative estimate of drug-likeness (QED) is 0.771. The zero-order valence-electron chi connectivity index (χ0n) is 15.7. The lowest BCUT2D eigenvalue weighted by molar-refractivity contribution is 0.355. The molecule has 4 nitrogen and oxygen atoms in total. The molecule has 1 spiro atoms. The van der Waals surface area contributed by atoms with Crippen LogP contribution >= 0.6 is 0 Å². The van der Waals surface area contributed by atoms with Gasteiger partial charge >= 0.3 is 0 Å². The van der Waals surface area contributed by atoms with E-state index in [1.165, 1.54) is 6.26 Å². The molecule has 27 heavy (non-hydrogen) atoms. The van der Waals surface area contributed by atoms with E-state index in [2.05, 4.69) is 12.2 Å². The lowest BCUT2D eigenvalue weighted by Crippen LogP contribution is -1.97. The van der Waals surface area contributed by atoms with Crippen molar-refractivity contribution in [2.24, 2.45) is 5.41 Å². The number of allylic oxidation sites excluding steroid dienone is 4. The molecular weight excluding hydrogens is 360 g/mol. The van der Waals surface area contributed by atoms with Crippen molar-refractivity contribution in [1.29, 1.82) is 0 Å². The molecular formula is C22H22O4S. The average molecular weight is 382 g/mol. The fourth-order valence-electron chi connectivity index (χ4n) is 3.57. The third-order valence-corrected chi connectivity index (χ3v) is 6.40. The van der Waals surface area contributed by atoms with Crippen LogP contribution in [0.2, 0.25) is 0 Å². The zero-order chi connectivity index (χ0) is 19.2. The van der Waals surface area contributed by atoms with Crippen LogP contribution in [0, 0.1) is 5.41 Å². The fraction of sp³-hybridized carbons (Fsp3) is 0.273. The predicted molar refractivity (Wildman–Crippen MR) is 107 cm³/mol. The number of rotatable bonds is 5. The number of benzene rings is 2. The lowest BCUT2D eigenvalue weighted by atomic mass is 9.95. The number of hydrogen-bond donors (Lipinski definition) is 0. The Bertz CT molecular complexity index is 1060. The van der Waals surface area contributed by atoms with E-state index in [0.29, 0.717) is 16.4 Å². The summed E-state index contributed by atoms with van der Waals surface area (Å²) in [5, 5.41) is 0. The molecule has 0 saturated heterocycles. The highest BCUT2D eigenvalue weighted by Gasteiger charge is 2.43. The minimum absolute atomic E-state index is 0.146. The Kier molecular flexibility index (Phi) is 4.15. The molecule has 140 valence electrons. The summed E-state index contributed by atoms with van der Waals surface area (Å²) in [5.41, 5.74) is 4.52. The first-order valence-corrected chi connectivity index (χ1v) is 10.7. The van der Waals surface area contributed by atoms with Gasteiger partial charge in [-0.3, -0.25) is 0 Å². The maximum atomic E-state index is 11.7. The summed E-state index contributed by atoms with van der Waals surface area (Å²) in [7, 11) is 0.0574. The molecule has 2 aromatic rings. The molecule has 0 radical (unpaired) electrons. The smallest absolute Gasteiger partial charge is 0.175 e. The van der Waals surface area contributed by atoms with Crippen LogP contribution in [-0.4, -0.2) is 28.9 Å². The molecule has 4 rings (SSSR count). The van der Waals surface area contributed by atoms with E-state index >= 15 is 0 Å². The Labute approximate surface area is 160 Å². The molecule has 1 saturated carbocycles. The monoisotopic (exact) mass is 382 g/mol. The molecule has 2 aliphatic carbocycles. The van der Waals surface area contributed by atoms with Gasteiger partial charge in [-0.15, -0.1) is 0 Å². The van der Waals surface area contributed by atoms with Crippen molar-refractivity contribution >= 4 is 21.0 Å². The van der Waals surface area contributed by atoms with Gasteiger partial charge in [-0.1, -0.05) is 30.4 Å². The fourth-order valence-corrected chi connectivity index (χ4v) is 4.20. The highest BCUT2D eigenvalue weighted by molar-refractivity contribution is 7.90. The van der Waals surface area contributed by atoms with E-state index in [1.807, 2.05) is 30.3 Å². The van der Waals surface area contributed by atoms with Crippen LogP contribution in [0.5, 0.6) is 11.5 Å². The summed E-state index contributed by atoms with van der Waals surface area (Å²) in [6.45, 7) is 0.